The van der Waals surface area contributed by atoms with E-state index in [0.717, 1.165) is 12.5 Å². The lowest BCUT2D eigenvalue weighted by atomic mass is 9.87. The standard InChI is InChI=1S/C7H12O2/c1-2-6-4-7(3-1)9-8-5-6/h6-7H,1-5H2. The Kier molecular flexibility index (Phi) is 1.44. The molecule has 0 spiro atoms. The van der Waals surface area contributed by atoms with Crippen LogP contribution in [0.2, 0.25) is 0 Å². The van der Waals surface area contributed by atoms with Gasteiger partial charge in [0.1, 0.15) is 0 Å². The topological polar surface area (TPSA) is 18.5 Å². The minimum absolute atomic E-state index is 0.428. The van der Waals surface area contributed by atoms with Gasteiger partial charge in [0.05, 0.1) is 12.7 Å². The molecule has 1 heterocycles. The molecule has 2 heteroatoms. The van der Waals surface area contributed by atoms with Crippen LogP contribution >= 0.6 is 0 Å². The predicted octanol–water partition coefficient (Wildman–Crippen LogP) is 1.51. The summed E-state index contributed by atoms with van der Waals surface area (Å²) in [6, 6.07) is 0. The number of hydrogen-bond donors (Lipinski definition) is 0. The van der Waals surface area contributed by atoms with E-state index in [9.17, 15) is 0 Å². The van der Waals surface area contributed by atoms with E-state index in [0.29, 0.717) is 6.10 Å². The maximum Gasteiger partial charge on any atom is 0.0933 e. The zero-order valence-electron chi connectivity index (χ0n) is 5.51. The van der Waals surface area contributed by atoms with Gasteiger partial charge in [-0.1, -0.05) is 6.42 Å². The maximum atomic E-state index is 5.05. The Labute approximate surface area is 55.1 Å². The van der Waals surface area contributed by atoms with Crippen molar-refractivity contribution < 1.29 is 9.78 Å². The van der Waals surface area contributed by atoms with Crippen LogP contribution in [-0.2, 0) is 9.78 Å². The molecule has 52 valence electrons. The van der Waals surface area contributed by atoms with Crippen LogP contribution in [0.15, 0.2) is 0 Å². The Morgan fingerprint density at radius 3 is 3.00 bits per heavy atom. The first-order valence-electron chi connectivity index (χ1n) is 3.73. The van der Waals surface area contributed by atoms with E-state index in [2.05, 4.69) is 0 Å². The molecular formula is C7H12O2. The summed E-state index contributed by atoms with van der Waals surface area (Å²) < 4.78 is 0. The third-order valence-corrected chi connectivity index (χ3v) is 2.24. The van der Waals surface area contributed by atoms with Gasteiger partial charge in [-0.25, -0.2) is 9.78 Å². The van der Waals surface area contributed by atoms with E-state index < -0.39 is 0 Å². The van der Waals surface area contributed by atoms with Gasteiger partial charge in [0.2, 0.25) is 0 Å². The molecule has 2 unspecified atom stereocenters. The predicted molar refractivity (Wildman–Crippen MR) is 32.8 cm³/mol. The molecule has 2 fully saturated rings. The molecule has 0 aromatic carbocycles. The van der Waals surface area contributed by atoms with Crippen LogP contribution < -0.4 is 0 Å². The summed E-state index contributed by atoms with van der Waals surface area (Å²) in [4.78, 5) is 9.99. The van der Waals surface area contributed by atoms with Crippen LogP contribution in [0.4, 0.5) is 0 Å². The van der Waals surface area contributed by atoms with Crippen molar-refractivity contribution in [1.82, 2.24) is 0 Å². The molecule has 0 N–H and O–H groups in total. The highest BCUT2D eigenvalue weighted by Crippen LogP contribution is 2.30. The summed E-state index contributed by atoms with van der Waals surface area (Å²) in [7, 11) is 0. The van der Waals surface area contributed by atoms with Crippen molar-refractivity contribution in [2.75, 3.05) is 6.61 Å². The first-order valence-corrected chi connectivity index (χ1v) is 3.73. The largest absolute Gasteiger partial charge is 0.236 e. The second-order valence-corrected chi connectivity index (χ2v) is 3.04. The Morgan fingerprint density at radius 1 is 1.22 bits per heavy atom. The van der Waals surface area contributed by atoms with Crippen LogP contribution in [0, 0.1) is 5.92 Å². The highest BCUT2D eigenvalue weighted by molar-refractivity contribution is 4.73. The molecule has 2 bridgehead atoms. The third-order valence-electron chi connectivity index (χ3n) is 2.24. The Morgan fingerprint density at radius 2 is 2.22 bits per heavy atom. The van der Waals surface area contributed by atoms with Gasteiger partial charge in [0.15, 0.2) is 0 Å². The van der Waals surface area contributed by atoms with Gasteiger partial charge in [0, 0.05) is 0 Å². The minimum Gasteiger partial charge on any atom is -0.236 e. The van der Waals surface area contributed by atoms with E-state index >= 15 is 0 Å². The summed E-state index contributed by atoms with van der Waals surface area (Å²) in [6.07, 6.45) is 5.55. The molecule has 0 aromatic heterocycles. The van der Waals surface area contributed by atoms with E-state index in [1.807, 2.05) is 0 Å². The van der Waals surface area contributed by atoms with Gasteiger partial charge in [-0.3, -0.25) is 0 Å². The third kappa shape index (κ3) is 1.10. The van der Waals surface area contributed by atoms with Crippen molar-refractivity contribution in [3.63, 3.8) is 0 Å². The van der Waals surface area contributed by atoms with E-state index in [1.54, 1.807) is 0 Å². The fourth-order valence-corrected chi connectivity index (χ4v) is 1.71. The van der Waals surface area contributed by atoms with Gasteiger partial charge >= 0.3 is 0 Å². The zero-order valence-corrected chi connectivity index (χ0v) is 5.51. The summed E-state index contributed by atoms with van der Waals surface area (Å²) in [5.74, 6) is 0.803. The zero-order chi connectivity index (χ0) is 6.10. The molecule has 9 heavy (non-hydrogen) atoms. The van der Waals surface area contributed by atoms with E-state index in [1.165, 1.54) is 25.7 Å². The SMILES string of the molecule is C1CC2COOC(C1)C2. The minimum atomic E-state index is 0.428. The molecule has 1 saturated heterocycles. The van der Waals surface area contributed by atoms with Crippen molar-refractivity contribution in [3.05, 3.63) is 0 Å². The van der Waals surface area contributed by atoms with Crippen molar-refractivity contribution >= 4 is 0 Å². The smallest absolute Gasteiger partial charge is 0.0933 e. The molecule has 0 amide bonds. The number of hydrogen-bond acceptors (Lipinski definition) is 2. The summed E-state index contributed by atoms with van der Waals surface area (Å²) in [6.45, 7) is 0.830. The second kappa shape index (κ2) is 2.27. The van der Waals surface area contributed by atoms with Crippen molar-refractivity contribution in [1.29, 1.82) is 0 Å². The molecule has 1 aliphatic heterocycles. The molecule has 2 rings (SSSR count). The van der Waals surface area contributed by atoms with Gasteiger partial charge < -0.3 is 0 Å². The molecular weight excluding hydrogens is 116 g/mol. The first kappa shape index (κ1) is 5.69. The Balaban J connectivity index is 1.96. The molecule has 0 radical (unpaired) electrons. The quantitative estimate of drug-likeness (QED) is 0.460. The summed E-state index contributed by atoms with van der Waals surface area (Å²) in [5, 5.41) is 0. The van der Waals surface area contributed by atoms with Crippen molar-refractivity contribution in [2.24, 2.45) is 5.92 Å². The van der Waals surface area contributed by atoms with Crippen LogP contribution in [0.1, 0.15) is 25.7 Å². The fourth-order valence-electron chi connectivity index (χ4n) is 1.71. The van der Waals surface area contributed by atoms with Crippen LogP contribution in [-0.4, -0.2) is 12.7 Å². The lowest BCUT2D eigenvalue weighted by molar-refractivity contribution is -0.363. The van der Waals surface area contributed by atoms with Crippen molar-refractivity contribution in [2.45, 2.75) is 31.8 Å². The first-order chi connectivity index (χ1) is 4.45. The number of rotatable bonds is 0. The molecule has 2 atom stereocenters. The van der Waals surface area contributed by atoms with Gasteiger partial charge in [-0.2, -0.15) is 0 Å². The van der Waals surface area contributed by atoms with Crippen LogP contribution in [0.5, 0.6) is 0 Å². The molecule has 2 aliphatic rings. The maximum absolute atomic E-state index is 5.05. The Hall–Kier alpha value is -0.0800. The molecule has 1 saturated carbocycles. The average molecular weight is 128 g/mol. The fraction of sp³-hybridized carbons (Fsp3) is 1.00. The Bertz CT molecular complexity index is 83.1. The van der Waals surface area contributed by atoms with Gasteiger partial charge in [-0.15, -0.1) is 0 Å². The normalized spacial score (nSPS) is 42.7. The van der Waals surface area contributed by atoms with Crippen LogP contribution in [0.3, 0.4) is 0 Å². The lowest BCUT2D eigenvalue weighted by Crippen LogP contribution is -2.31. The lowest BCUT2D eigenvalue weighted by Gasteiger charge is -2.32. The van der Waals surface area contributed by atoms with E-state index in [-0.39, 0.29) is 0 Å². The van der Waals surface area contributed by atoms with Crippen LogP contribution in [0.25, 0.3) is 0 Å². The van der Waals surface area contributed by atoms with E-state index in [4.69, 9.17) is 9.78 Å². The molecule has 1 aliphatic carbocycles. The average Bonchev–Trinajstić information content (AvgIpc) is 1.88. The highest BCUT2D eigenvalue weighted by Gasteiger charge is 2.27. The second-order valence-electron chi connectivity index (χ2n) is 3.04. The monoisotopic (exact) mass is 128 g/mol. The van der Waals surface area contributed by atoms with Gasteiger partial charge in [-0.05, 0) is 25.2 Å². The number of fused-ring (bicyclic) bond motifs is 2. The molecule has 2 nitrogen and oxygen atoms in total. The molecule has 0 aromatic rings. The van der Waals surface area contributed by atoms with Gasteiger partial charge in [0.25, 0.3) is 0 Å². The highest BCUT2D eigenvalue weighted by atomic mass is 17.2. The summed E-state index contributed by atoms with van der Waals surface area (Å²) >= 11 is 0. The summed E-state index contributed by atoms with van der Waals surface area (Å²) in [5.41, 5.74) is 0. The van der Waals surface area contributed by atoms with Crippen molar-refractivity contribution in [3.8, 4) is 0 Å².